The number of anilines is 1. The van der Waals surface area contributed by atoms with Crippen LogP contribution < -0.4 is 10.1 Å². The van der Waals surface area contributed by atoms with Crippen molar-refractivity contribution in [2.45, 2.75) is 6.54 Å². The Morgan fingerprint density at radius 3 is 2.52 bits per heavy atom. The molecule has 0 unspecified atom stereocenters. The molecule has 2 nitrogen and oxygen atoms in total. The summed E-state index contributed by atoms with van der Waals surface area (Å²) in [6.07, 6.45) is 0. The average molecular weight is 298 g/mol. The maximum atomic E-state index is 6.19. The minimum Gasteiger partial charge on any atom is -0.496 e. The Labute approximate surface area is 129 Å². The second-order valence-corrected chi connectivity index (χ2v) is 5.21. The number of fused-ring (bicyclic) bond motifs is 1. The van der Waals surface area contributed by atoms with Crippen LogP contribution in [0.4, 0.5) is 5.69 Å². The largest absolute Gasteiger partial charge is 0.496 e. The van der Waals surface area contributed by atoms with Crippen LogP contribution in [0.1, 0.15) is 5.56 Å². The van der Waals surface area contributed by atoms with Crippen LogP contribution in [-0.2, 0) is 6.54 Å². The molecule has 3 heteroatoms. The molecule has 21 heavy (non-hydrogen) atoms. The van der Waals surface area contributed by atoms with Crippen molar-refractivity contribution in [1.82, 2.24) is 0 Å². The number of hydrogen-bond donors (Lipinski definition) is 1. The van der Waals surface area contributed by atoms with E-state index in [0.717, 1.165) is 22.0 Å². The van der Waals surface area contributed by atoms with Crippen molar-refractivity contribution in [3.8, 4) is 5.75 Å². The fourth-order valence-electron chi connectivity index (χ4n) is 2.48. The summed E-state index contributed by atoms with van der Waals surface area (Å²) in [5.74, 6) is 0.883. The van der Waals surface area contributed by atoms with E-state index in [4.69, 9.17) is 16.3 Å². The van der Waals surface area contributed by atoms with Gasteiger partial charge in [-0.05, 0) is 29.0 Å². The van der Waals surface area contributed by atoms with Crippen molar-refractivity contribution >= 4 is 28.1 Å². The predicted molar refractivity (Wildman–Crippen MR) is 89.3 cm³/mol. The highest BCUT2D eigenvalue weighted by molar-refractivity contribution is 6.33. The Morgan fingerprint density at radius 2 is 1.71 bits per heavy atom. The summed E-state index contributed by atoms with van der Waals surface area (Å²) in [5.41, 5.74) is 2.06. The zero-order valence-electron chi connectivity index (χ0n) is 11.8. The van der Waals surface area contributed by atoms with Gasteiger partial charge in [0.1, 0.15) is 5.75 Å². The first-order valence-electron chi connectivity index (χ1n) is 6.82. The summed E-state index contributed by atoms with van der Waals surface area (Å²) in [6.45, 7) is 0.661. The molecule has 0 heterocycles. The minimum absolute atomic E-state index is 0.661. The average Bonchev–Trinajstić information content (AvgIpc) is 2.53. The molecule has 0 saturated heterocycles. The number of methoxy groups -OCH3 is 1. The maximum absolute atomic E-state index is 6.19. The van der Waals surface area contributed by atoms with Crippen molar-refractivity contribution < 1.29 is 4.74 Å². The van der Waals surface area contributed by atoms with E-state index in [2.05, 4.69) is 23.5 Å². The first-order chi connectivity index (χ1) is 10.3. The first-order valence-corrected chi connectivity index (χ1v) is 7.20. The van der Waals surface area contributed by atoms with Crippen molar-refractivity contribution in [3.63, 3.8) is 0 Å². The summed E-state index contributed by atoms with van der Waals surface area (Å²) in [5, 5.41) is 6.50. The molecule has 0 aliphatic rings. The van der Waals surface area contributed by atoms with Gasteiger partial charge in [0.05, 0.1) is 17.8 Å². The lowest BCUT2D eigenvalue weighted by Crippen LogP contribution is -2.03. The second-order valence-electron chi connectivity index (χ2n) is 4.80. The van der Waals surface area contributed by atoms with Crippen molar-refractivity contribution in [2.75, 3.05) is 12.4 Å². The van der Waals surface area contributed by atoms with E-state index in [-0.39, 0.29) is 0 Å². The molecule has 3 aromatic rings. The predicted octanol–water partition coefficient (Wildman–Crippen LogP) is 5.11. The number of ether oxygens (including phenoxy) is 1. The van der Waals surface area contributed by atoms with E-state index in [1.165, 1.54) is 10.8 Å². The number of halogens is 1. The van der Waals surface area contributed by atoms with Crippen LogP contribution in [0.25, 0.3) is 10.8 Å². The highest BCUT2D eigenvalue weighted by Crippen LogP contribution is 2.29. The standard InChI is InChI=1S/C18H16ClNO/c1-21-18-11-10-13-6-2-3-7-14(13)15(18)12-20-17-9-5-4-8-16(17)19/h2-11,20H,12H2,1H3. The molecule has 3 rings (SSSR count). The third-order valence-electron chi connectivity index (χ3n) is 3.55. The molecule has 0 fully saturated rings. The van der Waals surface area contributed by atoms with Gasteiger partial charge in [-0.2, -0.15) is 0 Å². The van der Waals surface area contributed by atoms with Gasteiger partial charge in [0.2, 0.25) is 0 Å². The number of para-hydroxylation sites is 1. The summed E-state index contributed by atoms with van der Waals surface area (Å²) >= 11 is 6.19. The van der Waals surface area contributed by atoms with Crippen molar-refractivity contribution in [1.29, 1.82) is 0 Å². The Morgan fingerprint density at radius 1 is 0.952 bits per heavy atom. The van der Waals surface area contributed by atoms with Gasteiger partial charge < -0.3 is 10.1 Å². The monoisotopic (exact) mass is 297 g/mol. The molecular formula is C18H16ClNO. The highest BCUT2D eigenvalue weighted by atomic mass is 35.5. The molecule has 0 amide bonds. The molecule has 0 atom stereocenters. The lowest BCUT2D eigenvalue weighted by atomic mass is 10.0. The number of nitrogens with one attached hydrogen (secondary N) is 1. The van der Waals surface area contributed by atoms with E-state index in [1.54, 1.807) is 7.11 Å². The molecule has 0 aliphatic heterocycles. The number of rotatable bonds is 4. The van der Waals surface area contributed by atoms with Crippen LogP contribution in [0.2, 0.25) is 5.02 Å². The molecule has 0 aliphatic carbocycles. The second kappa shape index (κ2) is 6.06. The van der Waals surface area contributed by atoms with Crippen LogP contribution in [0.3, 0.4) is 0 Å². The Hall–Kier alpha value is -2.19. The Bertz CT molecular complexity index is 770. The fraction of sp³-hybridized carbons (Fsp3) is 0.111. The van der Waals surface area contributed by atoms with Crippen LogP contribution in [0, 0.1) is 0 Å². The highest BCUT2D eigenvalue weighted by Gasteiger charge is 2.08. The van der Waals surface area contributed by atoms with Gasteiger partial charge in [-0.3, -0.25) is 0 Å². The van der Waals surface area contributed by atoms with Crippen LogP contribution in [-0.4, -0.2) is 7.11 Å². The van der Waals surface area contributed by atoms with E-state index >= 15 is 0 Å². The van der Waals surface area contributed by atoms with Crippen LogP contribution >= 0.6 is 11.6 Å². The minimum atomic E-state index is 0.661. The first kappa shape index (κ1) is 13.8. The molecule has 106 valence electrons. The third-order valence-corrected chi connectivity index (χ3v) is 3.88. The van der Waals surface area contributed by atoms with Gasteiger partial charge in [-0.15, -0.1) is 0 Å². The third kappa shape index (κ3) is 2.81. The van der Waals surface area contributed by atoms with Gasteiger partial charge in [-0.25, -0.2) is 0 Å². The smallest absolute Gasteiger partial charge is 0.124 e. The zero-order valence-corrected chi connectivity index (χ0v) is 12.5. The number of benzene rings is 3. The van der Waals surface area contributed by atoms with Crippen LogP contribution in [0.15, 0.2) is 60.7 Å². The molecule has 3 aromatic carbocycles. The maximum Gasteiger partial charge on any atom is 0.124 e. The van der Waals surface area contributed by atoms with E-state index in [9.17, 15) is 0 Å². The summed E-state index contributed by atoms with van der Waals surface area (Å²) in [7, 11) is 1.70. The normalized spacial score (nSPS) is 10.6. The summed E-state index contributed by atoms with van der Waals surface area (Å²) < 4.78 is 5.50. The van der Waals surface area contributed by atoms with E-state index in [0.29, 0.717) is 6.54 Å². The van der Waals surface area contributed by atoms with Crippen molar-refractivity contribution in [3.05, 3.63) is 71.2 Å². The molecule has 0 spiro atoms. The Balaban J connectivity index is 1.97. The molecule has 0 saturated carbocycles. The Kier molecular flexibility index (Phi) is 3.98. The molecule has 0 radical (unpaired) electrons. The van der Waals surface area contributed by atoms with Gasteiger partial charge in [0.25, 0.3) is 0 Å². The summed E-state index contributed by atoms with van der Waals surface area (Å²) in [6, 6.07) is 20.1. The molecule has 0 aromatic heterocycles. The lowest BCUT2D eigenvalue weighted by molar-refractivity contribution is 0.411. The SMILES string of the molecule is COc1ccc2ccccc2c1CNc1ccccc1Cl. The topological polar surface area (TPSA) is 21.3 Å². The van der Waals surface area contributed by atoms with E-state index < -0.39 is 0 Å². The zero-order chi connectivity index (χ0) is 14.7. The van der Waals surface area contributed by atoms with Gasteiger partial charge in [0.15, 0.2) is 0 Å². The van der Waals surface area contributed by atoms with Gasteiger partial charge in [-0.1, -0.05) is 54.1 Å². The fourth-order valence-corrected chi connectivity index (χ4v) is 2.68. The summed E-state index contributed by atoms with van der Waals surface area (Å²) in [4.78, 5) is 0. The van der Waals surface area contributed by atoms with Crippen molar-refractivity contribution in [2.24, 2.45) is 0 Å². The quantitative estimate of drug-likeness (QED) is 0.722. The van der Waals surface area contributed by atoms with Crippen LogP contribution in [0.5, 0.6) is 5.75 Å². The molecular weight excluding hydrogens is 282 g/mol. The van der Waals surface area contributed by atoms with Gasteiger partial charge in [0, 0.05) is 12.1 Å². The molecule has 0 bridgehead atoms. The van der Waals surface area contributed by atoms with E-state index in [1.807, 2.05) is 42.5 Å². The number of hydrogen-bond acceptors (Lipinski definition) is 2. The molecule has 1 N–H and O–H groups in total. The lowest BCUT2D eigenvalue weighted by Gasteiger charge is -2.14. The van der Waals surface area contributed by atoms with Gasteiger partial charge >= 0.3 is 0 Å².